The quantitative estimate of drug-likeness (QED) is 0.760. The molecular weight excluding hydrogens is 220 g/mol. The molecule has 0 radical (unpaired) electrons. The molecule has 1 fully saturated rings. The van der Waals surface area contributed by atoms with Crippen LogP contribution in [0.4, 0.5) is 0 Å². The SMILES string of the molecule is Clc1ccc(CC2SCCS2)cc1. The number of thioether (sulfide) groups is 2. The van der Waals surface area contributed by atoms with Gasteiger partial charge in [0.25, 0.3) is 0 Å². The maximum Gasteiger partial charge on any atom is 0.0543 e. The van der Waals surface area contributed by atoms with E-state index in [0.29, 0.717) is 0 Å². The second-order valence-corrected chi connectivity index (χ2v) is 6.36. The molecule has 1 heterocycles. The van der Waals surface area contributed by atoms with Gasteiger partial charge in [-0.15, -0.1) is 23.5 Å². The Morgan fingerprint density at radius 1 is 1.15 bits per heavy atom. The van der Waals surface area contributed by atoms with Gasteiger partial charge in [0.2, 0.25) is 0 Å². The lowest BCUT2D eigenvalue weighted by Gasteiger charge is -2.07. The van der Waals surface area contributed by atoms with E-state index >= 15 is 0 Å². The van der Waals surface area contributed by atoms with Gasteiger partial charge in [0.1, 0.15) is 0 Å². The molecule has 1 saturated heterocycles. The van der Waals surface area contributed by atoms with Gasteiger partial charge in [-0.2, -0.15) is 0 Å². The number of hydrogen-bond acceptors (Lipinski definition) is 2. The highest BCUT2D eigenvalue weighted by Gasteiger charge is 2.15. The van der Waals surface area contributed by atoms with Crippen molar-refractivity contribution in [1.82, 2.24) is 0 Å². The maximum atomic E-state index is 5.82. The van der Waals surface area contributed by atoms with Crippen molar-refractivity contribution < 1.29 is 0 Å². The lowest BCUT2D eigenvalue weighted by molar-refractivity contribution is 1.11. The maximum absolute atomic E-state index is 5.82. The fourth-order valence-electron chi connectivity index (χ4n) is 1.34. The molecule has 0 N–H and O–H groups in total. The summed E-state index contributed by atoms with van der Waals surface area (Å²) in [5.41, 5.74) is 1.40. The highest BCUT2D eigenvalue weighted by atomic mass is 35.5. The van der Waals surface area contributed by atoms with E-state index in [0.717, 1.165) is 9.60 Å². The molecule has 3 heteroatoms. The zero-order valence-corrected chi connectivity index (χ0v) is 9.59. The first-order valence-corrected chi connectivity index (χ1v) is 6.80. The predicted molar refractivity (Wildman–Crippen MR) is 63.9 cm³/mol. The van der Waals surface area contributed by atoms with Gasteiger partial charge in [0.15, 0.2) is 0 Å². The van der Waals surface area contributed by atoms with Crippen LogP contribution in [0.15, 0.2) is 24.3 Å². The van der Waals surface area contributed by atoms with Gasteiger partial charge in [-0.3, -0.25) is 0 Å². The van der Waals surface area contributed by atoms with Crippen LogP contribution in [0, 0.1) is 0 Å². The van der Waals surface area contributed by atoms with Crippen LogP contribution >= 0.6 is 35.1 Å². The van der Waals surface area contributed by atoms with E-state index in [-0.39, 0.29) is 0 Å². The fraction of sp³-hybridized carbons (Fsp3) is 0.400. The topological polar surface area (TPSA) is 0 Å². The van der Waals surface area contributed by atoms with E-state index in [1.807, 2.05) is 12.1 Å². The van der Waals surface area contributed by atoms with Crippen LogP contribution < -0.4 is 0 Å². The minimum Gasteiger partial charge on any atom is -0.146 e. The molecule has 2 rings (SSSR count). The molecule has 0 aromatic heterocycles. The Hall–Kier alpha value is 0.210. The van der Waals surface area contributed by atoms with Crippen molar-refractivity contribution in [1.29, 1.82) is 0 Å². The minimum absolute atomic E-state index is 0.765. The zero-order valence-electron chi connectivity index (χ0n) is 7.20. The molecule has 0 saturated carbocycles. The molecule has 0 aliphatic carbocycles. The normalized spacial score (nSPS) is 17.9. The standard InChI is InChI=1S/C10H11ClS2/c11-9-3-1-8(2-4-9)7-10-12-5-6-13-10/h1-4,10H,5-7H2. The zero-order chi connectivity index (χ0) is 9.10. The molecule has 0 unspecified atom stereocenters. The van der Waals surface area contributed by atoms with Crippen molar-refractivity contribution >= 4 is 35.1 Å². The van der Waals surface area contributed by atoms with Crippen LogP contribution in [0.3, 0.4) is 0 Å². The number of rotatable bonds is 2. The van der Waals surface area contributed by atoms with Gasteiger partial charge in [-0.25, -0.2) is 0 Å². The third kappa shape index (κ3) is 2.83. The summed E-state index contributed by atoms with van der Waals surface area (Å²) >= 11 is 9.96. The minimum atomic E-state index is 0.765. The van der Waals surface area contributed by atoms with Crippen molar-refractivity contribution in [3.8, 4) is 0 Å². The van der Waals surface area contributed by atoms with Crippen molar-refractivity contribution in [2.75, 3.05) is 11.5 Å². The van der Waals surface area contributed by atoms with Gasteiger partial charge in [0.05, 0.1) is 4.58 Å². The first-order chi connectivity index (χ1) is 6.34. The summed E-state index contributed by atoms with van der Waals surface area (Å²) in [6, 6.07) is 8.20. The Morgan fingerprint density at radius 2 is 1.77 bits per heavy atom. The summed E-state index contributed by atoms with van der Waals surface area (Å²) in [5.74, 6) is 2.62. The largest absolute Gasteiger partial charge is 0.146 e. The van der Waals surface area contributed by atoms with Crippen molar-refractivity contribution in [3.05, 3.63) is 34.9 Å². The highest BCUT2D eigenvalue weighted by molar-refractivity contribution is 8.20. The van der Waals surface area contributed by atoms with E-state index in [1.165, 1.54) is 23.5 Å². The summed E-state index contributed by atoms with van der Waals surface area (Å²) in [7, 11) is 0. The molecule has 1 aromatic carbocycles. The lowest BCUT2D eigenvalue weighted by Crippen LogP contribution is -1.97. The first-order valence-electron chi connectivity index (χ1n) is 4.32. The fourth-order valence-corrected chi connectivity index (χ4v) is 4.34. The Balaban J connectivity index is 1.97. The molecule has 13 heavy (non-hydrogen) atoms. The smallest absolute Gasteiger partial charge is 0.0543 e. The van der Waals surface area contributed by atoms with Crippen LogP contribution in [0.25, 0.3) is 0 Å². The highest BCUT2D eigenvalue weighted by Crippen LogP contribution is 2.34. The van der Waals surface area contributed by atoms with E-state index in [9.17, 15) is 0 Å². The lowest BCUT2D eigenvalue weighted by atomic mass is 10.2. The number of hydrogen-bond donors (Lipinski definition) is 0. The first kappa shape index (κ1) is 9.75. The Morgan fingerprint density at radius 3 is 2.38 bits per heavy atom. The van der Waals surface area contributed by atoms with Gasteiger partial charge in [-0.05, 0) is 24.1 Å². The molecule has 0 bridgehead atoms. The van der Waals surface area contributed by atoms with Gasteiger partial charge < -0.3 is 0 Å². The molecular formula is C10H11ClS2. The van der Waals surface area contributed by atoms with E-state index in [2.05, 4.69) is 35.7 Å². The Labute approximate surface area is 92.4 Å². The van der Waals surface area contributed by atoms with Crippen molar-refractivity contribution in [2.24, 2.45) is 0 Å². The summed E-state index contributed by atoms with van der Waals surface area (Å²) in [6.45, 7) is 0. The predicted octanol–water partition coefficient (Wildman–Crippen LogP) is 3.69. The molecule has 0 nitrogen and oxygen atoms in total. The van der Waals surface area contributed by atoms with Crippen LogP contribution in [0.5, 0.6) is 0 Å². The molecule has 1 aliphatic rings. The van der Waals surface area contributed by atoms with Gasteiger partial charge >= 0.3 is 0 Å². The summed E-state index contributed by atoms with van der Waals surface area (Å²) < 4.78 is 0.765. The number of halogens is 1. The van der Waals surface area contributed by atoms with Crippen LogP contribution in [-0.4, -0.2) is 16.1 Å². The van der Waals surface area contributed by atoms with Gasteiger partial charge in [-0.1, -0.05) is 23.7 Å². The van der Waals surface area contributed by atoms with Crippen LogP contribution in [0.2, 0.25) is 5.02 Å². The van der Waals surface area contributed by atoms with E-state index in [1.54, 1.807) is 0 Å². The van der Waals surface area contributed by atoms with E-state index < -0.39 is 0 Å². The van der Waals surface area contributed by atoms with Crippen molar-refractivity contribution in [2.45, 2.75) is 11.0 Å². The Kier molecular flexibility index (Phi) is 3.47. The number of benzene rings is 1. The molecule has 1 aliphatic heterocycles. The molecule has 70 valence electrons. The summed E-state index contributed by atoms with van der Waals surface area (Å²) in [5, 5.41) is 0.829. The second kappa shape index (κ2) is 4.63. The van der Waals surface area contributed by atoms with Gasteiger partial charge in [0, 0.05) is 16.5 Å². The average Bonchev–Trinajstić information content (AvgIpc) is 2.62. The van der Waals surface area contributed by atoms with E-state index in [4.69, 9.17) is 11.6 Å². The second-order valence-electron chi connectivity index (χ2n) is 3.00. The Bertz CT molecular complexity index is 265. The van der Waals surface area contributed by atoms with Crippen LogP contribution in [-0.2, 0) is 6.42 Å². The summed E-state index contributed by atoms with van der Waals surface area (Å²) in [4.78, 5) is 0. The molecule has 0 atom stereocenters. The monoisotopic (exact) mass is 230 g/mol. The third-order valence-electron chi connectivity index (χ3n) is 2.01. The third-order valence-corrected chi connectivity index (χ3v) is 5.29. The van der Waals surface area contributed by atoms with Crippen molar-refractivity contribution in [3.63, 3.8) is 0 Å². The molecule has 0 amide bonds. The average molecular weight is 231 g/mol. The van der Waals surface area contributed by atoms with Crippen LogP contribution in [0.1, 0.15) is 5.56 Å². The molecule has 0 spiro atoms. The molecule has 1 aromatic rings. The summed E-state index contributed by atoms with van der Waals surface area (Å²) in [6.07, 6.45) is 1.17.